The molecule has 2 fully saturated rings. The number of carbonyl (C=O) groups is 3. The van der Waals surface area contributed by atoms with Crippen LogP contribution in [0.3, 0.4) is 0 Å². The number of benzene rings is 1. The smallest absolute Gasteiger partial charge is 0.336 e. The van der Waals surface area contributed by atoms with Gasteiger partial charge in [-0.2, -0.15) is 13.2 Å². The molecule has 10 heteroatoms. The summed E-state index contributed by atoms with van der Waals surface area (Å²) in [4.78, 5) is 43.7. The first-order chi connectivity index (χ1) is 14.8. The van der Waals surface area contributed by atoms with Gasteiger partial charge in [-0.05, 0) is 51.8 Å². The van der Waals surface area contributed by atoms with Gasteiger partial charge < -0.3 is 20.0 Å². The average molecular weight is 454 g/mol. The number of nitrogens with zero attached hydrogens (tertiary/aromatic N) is 3. The molecule has 1 unspecified atom stereocenters. The highest BCUT2D eigenvalue weighted by atomic mass is 19.4. The fourth-order valence-corrected chi connectivity index (χ4v) is 4.26. The number of halogens is 3. The fourth-order valence-electron chi connectivity index (χ4n) is 4.26. The molecule has 2 heterocycles. The van der Waals surface area contributed by atoms with E-state index in [1.54, 1.807) is 0 Å². The second kappa shape index (κ2) is 8.63. The number of amides is 4. The third kappa shape index (κ3) is 4.54. The summed E-state index contributed by atoms with van der Waals surface area (Å²) in [5.74, 6) is -0.525. The predicted molar refractivity (Wildman–Crippen MR) is 111 cm³/mol. The van der Waals surface area contributed by atoms with E-state index in [1.807, 2.05) is 27.7 Å². The van der Waals surface area contributed by atoms with Gasteiger partial charge in [-0.15, -0.1) is 0 Å². The van der Waals surface area contributed by atoms with Crippen LogP contribution in [0.1, 0.15) is 45.2 Å². The Bertz CT molecular complexity index is 885. The van der Waals surface area contributed by atoms with Gasteiger partial charge in [0.15, 0.2) is 0 Å². The summed E-state index contributed by atoms with van der Waals surface area (Å²) in [6.45, 7) is 7.54. The number of alkyl halides is 3. The van der Waals surface area contributed by atoms with E-state index in [1.165, 1.54) is 26.8 Å². The Kier molecular flexibility index (Phi) is 6.44. The summed E-state index contributed by atoms with van der Waals surface area (Å²) < 4.78 is 38.7. The first-order valence-corrected chi connectivity index (χ1v) is 10.7. The molecule has 0 aromatic heterocycles. The highest BCUT2D eigenvalue weighted by Gasteiger charge is 2.57. The van der Waals surface area contributed by atoms with Crippen molar-refractivity contribution < 1.29 is 27.6 Å². The number of hydrogen-bond acceptors (Lipinski definition) is 3. The molecule has 2 aliphatic heterocycles. The molecule has 1 aromatic rings. The molecule has 0 aliphatic carbocycles. The van der Waals surface area contributed by atoms with E-state index in [4.69, 9.17) is 0 Å². The zero-order valence-electron chi connectivity index (χ0n) is 18.7. The molecule has 1 atom stereocenters. The molecular formula is C22H29F3N4O3. The van der Waals surface area contributed by atoms with Gasteiger partial charge >= 0.3 is 12.2 Å². The maximum atomic E-state index is 13.5. The van der Waals surface area contributed by atoms with Gasteiger partial charge in [-0.3, -0.25) is 9.59 Å². The van der Waals surface area contributed by atoms with Crippen LogP contribution in [0.15, 0.2) is 24.3 Å². The molecule has 2 aliphatic rings. The third-order valence-electron chi connectivity index (χ3n) is 5.97. The molecule has 1 aromatic carbocycles. The Morgan fingerprint density at radius 1 is 1.12 bits per heavy atom. The van der Waals surface area contributed by atoms with Gasteiger partial charge in [0.1, 0.15) is 12.1 Å². The standard InChI is InChI=1S/C22H29F3N4O3/c1-14(2)26-20(32)27-10-9-21(13-27)19(31)28(15(3)4)12-18(30)29(21)11-16-5-7-17(8-6-16)22(23,24)25/h5-8,14-15H,9-13H2,1-4H3,(H,26,32). The number of urea groups is 1. The first-order valence-electron chi connectivity index (χ1n) is 10.7. The molecule has 3 rings (SSSR count). The first kappa shape index (κ1) is 23.9. The van der Waals surface area contributed by atoms with Crippen molar-refractivity contribution in [2.75, 3.05) is 19.6 Å². The van der Waals surface area contributed by atoms with E-state index in [9.17, 15) is 27.6 Å². The van der Waals surface area contributed by atoms with Crippen molar-refractivity contribution in [1.29, 1.82) is 0 Å². The van der Waals surface area contributed by atoms with Gasteiger partial charge in [0, 0.05) is 25.2 Å². The van der Waals surface area contributed by atoms with Gasteiger partial charge in [-0.25, -0.2) is 4.79 Å². The second-order valence-electron chi connectivity index (χ2n) is 9.01. The van der Waals surface area contributed by atoms with Crippen molar-refractivity contribution in [2.24, 2.45) is 0 Å². The monoisotopic (exact) mass is 454 g/mol. The van der Waals surface area contributed by atoms with Gasteiger partial charge in [0.2, 0.25) is 5.91 Å². The summed E-state index contributed by atoms with van der Waals surface area (Å²) in [6.07, 6.45) is -4.18. The number of carbonyl (C=O) groups excluding carboxylic acids is 3. The Morgan fingerprint density at radius 2 is 1.75 bits per heavy atom. The maximum Gasteiger partial charge on any atom is 0.416 e. The predicted octanol–water partition coefficient (Wildman–Crippen LogP) is 2.85. The van der Waals surface area contributed by atoms with Crippen LogP contribution in [0.4, 0.5) is 18.0 Å². The summed E-state index contributed by atoms with van der Waals surface area (Å²) in [5.41, 5.74) is -1.53. The number of likely N-dealkylation sites (tertiary alicyclic amines) is 1. The van der Waals surface area contributed by atoms with Crippen LogP contribution in [0.25, 0.3) is 0 Å². The van der Waals surface area contributed by atoms with Gasteiger partial charge in [0.25, 0.3) is 5.91 Å². The lowest BCUT2D eigenvalue weighted by atomic mass is 9.89. The molecule has 2 saturated heterocycles. The van der Waals surface area contributed by atoms with Crippen LogP contribution in [0, 0.1) is 0 Å². The Labute approximate surface area is 185 Å². The number of rotatable bonds is 4. The number of piperazine rings is 1. The molecular weight excluding hydrogens is 425 g/mol. The van der Waals surface area contributed by atoms with Gasteiger partial charge in [0.05, 0.1) is 12.1 Å². The summed E-state index contributed by atoms with van der Waals surface area (Å²) in [7, 11) is 0. The van der Waals surface area contributed by atoms with E-state index in [0.717, 1.165) is 12.1 Å². The van der Waals surface area contributed by atoms with Crippen LogP contribution in [-0.2, 0) is 22.3 Å². The SMILES string of the molecule is CC(C)NC(=O)N1CCC2(C1)C(=O)N(C(C)C)CC(=O)N2Cc1ccc(C(F)(F)F)cc1. The zero-order valence-corrected chi connectivity index (χ0v) is 18.7. The fraction of sp³-hybridized carbons (Fsp3) is 0.591. The minimum absolute atomic E-state index is 0.00567. The molecule has 4 amide bonds. The van der Waals surface area contributed by atoms with Crippen molar-refractivity contribution in [3.8, 4) is 0 Å². The van der Waals surface area contributed by atoms with Crippen LogP contribution < -0.4 is 5.32 Å². The molecule has 1 N–H and O–H groups in total. The van der Waals surface area contributed by atoms with E-state index in [2.05, 4.69) is 5.32 Å². The molecule has 176 valence electrons. The van der Waals surface area contributed by atoms with Crippen LogP contribution in [0.5, 0.6) is 0 Å². The molecule has 0 radical (unpaired) electrons. The van der Waals surface area contributed by atoms with Crippen molar-refractivity contribution in [2.45, 2.75) is 64.5 Å². The maximum absolute atomic E-state index is 13.5. The van der Waals surface area contributed by atoms with Crippen LogP contribution >= 0.6 is 0 Å². The molecule has 7 nitrogen and oxygen atoms in total. The third-order valence-corrected chi connectivity index (χ3v) is 5.97. The molecule has 0 saturated carbocycles. The molecule has 1 spiro atoms. The molecule has 32 heavy (non-hydrogen) atoms. The van der Waals surface area contributed by atoms with E-state index in [-0.39, 0.29) is 56.0 Å². The topological polar surface area (TPSA) is 73.0 Å². The van der Waals surface area contributed by atoms with Crippen molar-refractivity contribution in [1.82, 2.24) is 20.0 Å². The van der Waals surface area contributed by atoms with Gasteiger partial charge in [-0.1, -0.05) is 12.1 Å². The quantitative estimate of drug-likeness (QED) is 0.761. The van der Waals surface area contributed by atoms with Crippen molar-refractivity contribution >= 4 is 17.8 Å². The second-order valence-corrected chi connectivity index (χ2v) is 9.01. The number of nitrogens with one attached hydrogen (secondary N) is 1. The largest absolute Gasteiger partial charge is 0.416 e. The average Bonchev–Trinajstić information content (AvgIpc) is 3.13. The van der Waals surface area contributed by atoms with Crippen LogP contribution in [0.2, 0.25) is 0 Å². The summed E-state index contributed by atoms with van der Waals surface area (Å²) in [6, 6.07) is 3.98. The Balaban J connectivity index is 1.91. The van der Waals surface area contributed by atoms with E-state index in [0.29, 0.717) is 12.1 Å². The van der Waals surface area contributed by atoms with Crippen molar-refractivity contribution in [3.05, 3.63) is 35.4 Å². The Morgan fingerprint density at radius 3 is 2.28 bits per heavy atom. The zero-order chi connectivity index (χ0) is 23.8. The minimum atomic E-state index is -4.45. The highest BCUT2D eigenvalue weighted by molar-refractivity contribution is 5.99. The summed E-state index contributed by atoms with van der Waals surface area (Å²) in [5, 5.41) is 2.80. The lowest BCUT2D eigenvalue weighted by Crippen LogP contribution is -2.70. The highest BCUT2D eigenvalue weighted by Crippen LogP contribution is 2.36. The summed E-state index contributed by atoms with van der Waals surface area (Å²) >= 11 is 0. The Hall–Kier alpha value is -2.78. The van der Waals surface area contributed by atoms with Crippen molar-refractivity contribution in [3.63, 3.8) is 0 Å². The van der Waals surface area contributed by atoms with E-state index < -0.39 is 17.3 Å². The normalized spacial score (nSPS) is 22.0. The lowest BCUT2D eigenvalue weighted by molar-refractivity contribution is -0.166. The van der Waals surface area contributed by atoms with Crippen LogP contribution in [-0.4, -0.2) is 69.8 Å². The minimum Gasteiger partial charge on any atom is -0.336 e. The molecule has 0 bridgehead atoms. The lowest BCUT2D eigenvalue weighted by Gasteiger charge is -2.48. The number of hydrogen-bond donors (Lipinski definition) is 1. The van der Waals surface area contributed by atoms with E-state index >= 15 is 0 Å².